The maximum Gasteiger partial charge on any atom is 0.271 e. The average Bonchev–Trinajstić information content (AvgIpc) is 2.93. The molecule has 0 aliphatic carbocycles. The first kappa shape index (κ1) is 26.0. The fraction of sp³-hybridized carbons (Fsp3) is 0.0690. The third-order valence-corrected chi connectivity index (χ3v) is 6.56. The van der Waals surface area contributed by atoms with Gasteiger partial charge in [0.1, 0.15) is 5.75 Å². The van der Waals surface area contributed by atoms with Gasteiger partial charge < -0.3 is 10.1 Å². The number of hydrogen-bond acceptors (Lipinski definition) is 5. The molecule has 0 bridgehead atoms. The summed E-state index contributed by atoms with van der Waals surface area (Å²) in [6.07, 6.45) is 1.54. The van der Waals surface area contributed by atoms with Crippen molar-refractivity contribution >= 4 is 47.1 Å². The van der Waals surface area contributed by atoms with Crippen LogP contribution in [-0.2, 0) is 10.5 Å². The third-order valence-electron chi connectivity index (χ3n) is 5.14. The number of rotatable bonds is 10. The van der Waals surface area contributed by atoms with Crippen molar-refractivity contribution in [2.24, 2.45) is 5.10 Å². The van der Waals surface area contributed by atoms with Gasteiger partial charge in [-0.2, -0.15) is 5.10 Å². The van der Waals surface area contributed by atoms with Crippen molar-refractivity contribution in [2.75, 3.05) is 11.9 Å². The monoisotopic (exact) mass is 529 g/mol. The van der Waals surface area contributed by atoms with Crippen molar-refractivity contribution in [3.8, 4) is 5.75 Å². The van der Waals surface area contributed by atoms with Gasteiger partial charge in [0.15, 0.2) is 6.61 Å². The second-order valence-electron chi connectivity index (χ2n) is 7.88. The van der Waals surface area contributed by atoms with Crippen molar-refractivity contribution < 1.29 is 14.3 Å². The van der Waals surface area contributed by atoms with Crippen LogP contribution in [0.2, 0.25) is 5.02 Å². The number of hydrazone groups is 1. The van der Waals surface area contributed by atoms with Crippen molar-refractivity contribution in [3.05, 3.63) is 125 Å². The summed E-state index contributed by atoms with van der Waals surface area (Å²) < 4.78 is 5.52. The number of para-hydroxylation sites is 1. The van der Waals surface area contributed by atoms with Gasteiger partial charge in [-0.1, -0.05) is 54.1 Å². The van der Waals surface area contributed by atoms with E-state index in [2.05, 4.69) is 28.0 Å². The number of anilines is 1. The van der Waals surface area contributed by atoms with Crippen LogP contribution in [-0.4, -0.2) is 24.6 Å². The lowest BCUT2D eigenvalue weighted by molar-refractivity contribution is -0.118. The first-order valence-corrected chi connectivity index (χ1v) is 12.8. The number of nitrogens with one attached hydrogen (secondary N) is 2. The van der Waals surface area contributed by atoms with E-state index in [1.165, 1.54) is 11.1 Å². The smallest absolute Gasteiger partial charge is 0.271 e. The molecule has 4 rings (SSSR count). The Kier molecular flexibility index (Phi) is 9.35. The molecule has 0 aliphatic heterocycles. The van der Waals surface area contributed by atoms with E-state index in [1.54, 1.807) is 72.4 Å². The van der Waals surface area contributed by atoms with E-state index in [0.29, 0.717) is 22.0 Å². The van der Waals surface area contributed by atoms with Gasteiger partial charge in [-0.15, -0.1) is 11.8 Å². The van der Waals surface area contributed by atoms with Gasteiger partial charge in [0.2, 0.25) is 0 Å². The lowest BCUT2D eigenvalue weighted by atomic mass is 10.1. The van der Waals surface area contributed by atoms with Gasteiger partial charge in [0, 0.05) is 16.2 Å². The minimum absolute atomic E-state index is 0.154. The molecule has 37 heavy (non-hydrogen) atoms. The molecule has 0 unspecified atom stereocenters. The van der Waals surface area contributed by atoms with E-state index in [-0.39, 0.29) is 18.4 Å². The van der Waals surface area contributed by atoms with E-state index in [1.807, 2.05) is 30.3 Å². The number of halogens is 1. The molecule has 0 radical (unpaired) electrons. The summed E-state index contributed by atoms with van der Waals surface area (Å²) in [5.74, 6) is 0.754. The highest BCUT2D eigenvalue weighted by atomic mass is 35.5. The van der Waals surface area contributed by atoms with Crippen LogP contribution < -0.4 is 15.5 Å². The molecule has 8 heteroatoms. The van der Waals surface area contributed by atoms with Crippen LogP contribution >= 0.6 is 23.4 Å². The molecule has 2 amide bonds. The highest BCUT2D eigenvalue weighted by Gasteiger charge is 2.07. The SMILES string of the molecule is O=C(COc1ccc(/C=N\NC(=O)c2ccc(CSc3ccccc3)cc2)cc1)Nc1ccccc1Cl. The zero-order chi connectivity index (χ0) is 25.9. The number of amides is 2. The van der Waals surface area contributed by atoms with Crippen LogP contribution in [0.3, 0.4) is 0 Å². The summed E-state index contributed by atoms with van der Waals surface area (Å²) in [5, 5.41) is 7.19. The molecule has 0 aliphatic rings. The van der Waals surface area contributed by atoms with Crippen LogP contribution in [0.1, 0.15) is 21.5 Å². The number of carbonyl (C=O) groups is 2. The first-order chi connectivity index (χ1) is 18.1. The average molecular weight is 530 g/mol. The third kappa shape index (κ3) is 8.24. The summed E-state index contributed by atoms with van der Waals surface area (Å²) in [6.45, 7) is -0.154. The molecular formula is C29H24ClN3O3S. The van der Waals surface area contributed by atoms with Gasteiger partial charge >= 0.3 is 0 Å². The molecule has 0 saturated heterocycles. The molecule has 0 aromatic heterocycles. The molecule has 4 aromatic carbocycles. The molecule has 6 nitrogen and oxygen atoms in total. The second kappa shape index (κ2) is 13.3. The van der Waals surface area contributed by atoms with Crippen molar-refractivity contribution in [2.45, 2.75) is 10.6 Å². The second-order valence-corrected chi connectivity index (χ2v) is 9.34. The van der Waals surface area contributed by atoms with Crippen LogP contribution in [0, 0.1) is 0 Å². The van der Waals surface area contributed by atoms with Gasteiger partial charge in [0.25, 0.3) is 11.8 Å². The molecule has 0 fully saturated rings. The molecule has 186 valence electrons. The van der Waals surface area contributed by atoms with Gasteiger partial charge in [0.05, 0.1) is 16.9 Å². The predicted octanol–water partition coefficient (Wildman–Crippen LogP) is 6.41. The van der Waals surface area contributed by atoms with E-state index in [4.69, 9.17) is 16.3 Å². The van der Waals surface area contributed by atoms with Crippen molar-refractivity contribution in [1.29, 1.82) is 0 Å². The van der Waals surface area contributed by atoms with Crippen LogP contribution in [0.4, 0.5) is 5.69 Å². The lowest BCUT2D eigenvalue weighted by Crippen LogP contribution is -2.20. The first-order valence-electron chi connectivity index (χ1n) is 11.4. The van der Waals surface area contributed by atoms with E-state index in [9.17, 15) is 9.59 Å². The summed E-state index contributed by atoms with van der Waals surface area (Å²) in [7, 11) is 0. The summed E-state index contributed by atoms with van der Waals surface area (Å²) >= 11 is 7.79. The Bertz CT molecular complexity index is 1360. The van der Waals surface area contributed by atoms with Gasteiger partial charge in [-0.25, -0.2) is 5.43 Å². The molecule has 0 heterocycles. The Labute approximate surface area is 224 Å². The largest absolute Gasteiger partial charge is 0.484 e. The normalized spacial score (nSPS) is 10.7. The fourth-order valence-corrected chi connectivity index (χ4v) is 4.27. The van der Waals surface area contributed by atoms with Gasteiger partial charge in [-0.3, -0.25) is 9.59 Å². The highest BCUT2D eigenvalue weighted by Crippen LogP contribution is 2.22. The Morgan fingerprint density at radius 1 is 0.865 bits per heavy atom. The predicted molar refractivity (Wildman–Crippen MR) is 150 cm³/mol. The number of benzene rings is 4. The van der Waals surface area contributed by atoms with Crippen LogP contribution in [0.5, 0.6) is 5.75 Å². The lowest BCUT2D eigenvalue weighted by Gasteiger charge is -2.08. The standard InChI is InChI=1S/C29H24ClN3O3S/c30-26-8-4-5-9-27(26)32-28(34)19-36-24-16-12-21(13-17-24)18-31-33-29(35)23-14-10-22(11-15-23)20-37-25-6-2-1-3-7-25/h1-18H,19-20H2,(H,32,34)(H,33,35)/b31-18-. The molecule has 0 atom stereocenters. The maximum absolute atomic E-state index is 12.4. The van der Waals surface area contributed by atoms with E-state index < -0.39 is 0 Å². The quantitative estimate of drug-likeness (QED) is 0.141. The van der Waals surface area contributed by atoms with Crippen LogP contribution in [0.25, 0.3) is 0 Å². The van der Waals surface area contributed by atoms with E-state index >= 15 is 0 Å². The topological polar surface area (TPSA) is 79.8 Å². The zero-order valence-electron chi connectivity index (χ0n) is 19.8. The summed E-state index contributed by atoms with van der Waals surface area (Å²) in [5.41, 5.74) is 5.50. The number of nitrogens with zero attached hydrogens (tertiary/aromatic N) is 1. The Morgan fingerprint density at radius 2 is 1.57 bits per heavy atom. The Morgan fingerprint density at radius 3 is 2.30 bits per heavy atom. The zero-order valence-corrected chi connectivity index (χ0v) is 21.3. The number of thioether (sulfide) groups is 1. The molecule has 0 saturated carbocycles. The minimum Gasteiger partial charge on any atom is -0.484 e. The van der Waals surface area contributed by atoms with Crippen LogP contribution in [0.15, 0.2) is 113 Å². The molecule has 2 N–H and O–H groups in total. The Balaban J connectivity index is 1.20. The van der Waals surface area contributed by atoms with Gasteiger partial charge in [-0.05, 0) is 71.8 Å². The summed E-state index contributed by atoms with van der Waals surface area (Å²) in [4.78, 5) is 25.7. The molecule has 0 spiro atoms. The number of carbonyl (C=O) groups excluding carboxylic acids is 2. The van der Waals surface area contributed by atoms with E-state index in [0.717, 1.165) is 16.9 Å². The molecular weight excluding hydrogens is 506 g/mol. The number of ether oxygens (including phenoxy) is 1. The maximum atomic E-state index is 12.4. The number of hydrogen-bond donors (Lipinski definition) is 2. The van der Waals surface area contributed by atoms with Crippen molar-refractivity contribution in [1.82, 2.24) is 5.43 Å². The fourth-order valence-electron chi connectivity index (χ4n) is 3.21. The highest BCUT2D eigenvalue weighted by molar-refractivity contribution is 7.98. The summed E-state index contributed by atoms with van der Waals surface area (Å²) in [6, 6.07) is 31.6. The Hall–Kier alpha value is -4.07. The van der Waals surface area contributed by atoms with Crippen molar-refractivity contribution in [3.63, 3.8) is 0 Å². The minimum atomic E-state index is -0.315. The molecule has 4 aromatic rings.